The lowest BCUT2D eigenvalue weighted by Gasteiger charge is -2.24. The number of aliphatic hydroxyl groups excluding tert-OH is 1. The van der Waals surface area contributed by atoms with E-state index in [4.69, 9.17) is 4.52 Å². The lowest BCUT2D eigenvalue weighted by molar-refractivity contribution is 0.179. The number of aryl methyl sites for hydroxylation is 1. The molecule has 1 aliphatic carbocycles. The van der Waals surface area contributed by atoms with E-state index in [9.17, 15) is 9.90 Å². The molecular weight excluding hydrogens is 272 g/mol. The number of carbonyl (C=O) groups excluding carboxylic acids is 1. The van der Waals surface area contributed by atoms with E-state index in [1.54, 1.807) is 6.92 Å². The van der Waals surface area contributed by atoms with E-state index in [0.717, 1.165) is 25.7 Å². The third kappa shape index (κ3) is 5.00. The molecule has 3 N–H and O–H groups in total. The number of urea groups is 1. The number of aromatic nitrogens is 2. The molecule has 7 nitrogen and oxygen atoms in total. The number of nitrogens with zero attached hydrogens (tertiary/aromatic N) is 2. The maximum Gasteiger partial charge on any atom is 0.315 e. The normalized spacial score (nSPS) is 22.6. The van der Waals surface area contributed by atoms with Crippen LogP contribution in [0.2, 0.25) is 0 Å². The van der Waals surface area contributed by atoms with Crippen molar-refractivity contribution in [1.82, 2.24) is 20.8 Å². The number of hydrogen-bond donors (Lipinski definition) is 3. The van der Waals surface area contributed by atoms with Gasteiger partial charge in [-0.3, -0.25) is 0 Å². The molecule has 21 heavy (non-hydrogen) atoms. The van der Waals surface area contributed by atoms with Crippen molar-refractivity contribution >= 4 is 6.03 Å². The van der Waals surface area contributed by atoms with Gasteiger partial charge in [0.05, 0.1) is 0 Å². The summed E-state index contributed by atoms with van der Waals surface area (Å²) in [5, 5.41) is 18.9. The van der Waals surface area contributed by atoms with Crippen LogP contribution in [-0.4, -0.2) is 40.5 Å². The van der Waals surface area contributed by atoms with Crippen molar-refractivity contribution in [3.05, 3.63) is 11.7 Å². The van der Waals surface area contributed by atoms with Crippen LogP contribution in [0.4, 0.5) is 4.79 Å². The van der Waals surface area contributed by atoms with E-state index in [1.807, 2.05) is 0 Å². The largest absolute Gasteiger partial charge is 0.396 e. The summed E-state index contributed by atoms with van der Waals surface area (Å²) in [6.07, 6.45) is 5.82. The molecule has 1 aliphatic rings. The molecule has 0 aliphatic heterocycles. The second-order valence-electron chi connectivity index (χ2n) is 5.57. The van der Waals surface area contributed by atoms with Gasteiger partial charge in [-0.1, -0.05) is 24.4 Å². The maximum atomic E-state index is 11.9. The molecule has 2 rings (SSSR count). The molecule has 1 heterocycles. The van der Waals surface area contributed by atoms with Gasteiger partial charge in [0.1, 0.15) is 0 Å². The van der Waals surface area contributed by atoms with Crippen molar-refractivity contribution in [2.45, 2.75) is 51.5 Å². The fraction of sp³-hybridized carbons (Fsp3) is 0.786. The van der Waals surface area contributed by atoms with E-state index in [0.29, 0.717) is 24.7 Å². The highest BCUT2D eigenvalue weighted by molar-refractivity contribution is 5.74. The summed E-state index contributed by atoms with van der Waals surface area (Å²) in [5.74, 6) is 1.28. The number of carbonyl (C=O) groups is 1. The Bertz CT molecular complexity index is 449. The van der Waals surface area contributed by atoms with Crippen LogP contribution in [0.5, 0.6) is 0 Å². The molecule has 1 saturated carbocycles. The molecule has 7 heteroatoms. The molecule has 0 aromatic carbocycles. The zero-order chi connectivity index (χ0) is 15.1. The Hall–Kier alpha value is -1.63. The predicted octanol–water partition coefficient (Wildman–Crippen LogP) is 1.16. The van der Waals surface area contributed by atoms with E-state index in [2.05, 4.69) is 20.8 Å². The minimum Gasteiger partial charge on any atom is -0.396 e. The Morgan fingerprint density at radius 2 is 2.19 bits per heavy atom. The molecule has 0 radical (unpaired) electrons. The number of aliphatic hydroxyl groups is 1. The van der Waals surface area contributed by atoms with Gasteiger partial charge in [0, 0.05) is 31.5 Å². The molecule has 2 atom stereocenters. The summed E-state index contributed by atoms with van der Waals surface area (Å²) in [7, 11) is 0. The first kappa shape index (κ1) is 15.8. The second-order valence-corrected chi connectivity index (χ2v) is 5.57. The second kappa shape index (κ2) is 7.97. The van der Waals surface area contributed by atoms with Gasteiger partial charge < -0.3 is 20.3 Å². The van der Waals surface area contributed by atoms with Crippen LogP contribution in [-0.2, 0) is 6.42 Å². The van der Waals surface area contributed by atoms with Crippen LogP contribution < -0.4 is 10.6 Å². The fourth-order valence-corrected chi connectivity index (χ4v) is 2.74. The van der Waals surface area contributed by atoms with Gasteiger partial charge in [-0.2, -0.15) is 4.98 Å². The molecule has 2 unspecified atom stereocenters. The standard InChI is InChI=1S/C14H24N4O3/c1-10-16-13(21-18-10)7-8-15-14(20)17-12-6-4-2-3-5-11(12)9-19/h11-12,19H,2-9H2,1H3,(H2,15,17,20). The summed E-state index contributed by atoms with van der Waals surface area (Å²) in [6, 6.07) is -0.139. The highest BCUT2D eigenvalue weighted by atomic mass is 16.5. The maximum absolute atomic E-state index is 11.9. The molecular formula is C14H24N4O3. The Morgan fingerprint density at radius 1 is 1.38 bits per heavy atom. The minimum atomic E-state index is -0.198. The van der Waals surface area contributed by atoms with Crippen molar-refractivity contribution in [2.75, 3.05) is 13.2 Å². The molecule has 0 spiro atoms. The number of amides is 2. The summed E-state index contributed by atoms with van der Waals surface area (Å²) in [6.45, 7) is 2.34. The summed E-state index contributed by atoms with van der Waals surface area (Å²) >= 11 is 0. The lowest BCUT2D eigenvalue weighted by Crippen LogP contribution is -2.46. The van der Waals surface area contributed by atoms with Crippen LogP contribution >= 0.6 is 0 Å². The van der Waals surface area contributed by atoms with Gasteiger partial charge in [0.25, 0.3) is 0 Å². The van der Waals surface area contributed by atoms with Crippen molar-refractivity contribution in [3.63, 3.8) is 0 Å². The summed E-state index contributed by atoms with van der Waals surface area (Å²) in [4.78, 5) is 16.0. The van der Waals surface area contributed by atoms with Gasteiger partial charge in [-0.05, 0) is 19.8 Å². The number of nitrogens with one attached hydrogen (secondary N) is 2. The highest BCUT2D eigenvalue weighted by Crippen LogP contribution is 2.23. The van der Waals surface area contributed by atoms with Crippen LogP contribution in [0.15, 0.2) is 4.52 Å². The van der Waals surface area contributed by atoms with Crippen LogP contribution in [0.25, 0.3) is 0 Å². The first-order valence-corrected chi connectivity index (χ1v) is 7.63. The molecule has 2 amide bonds. The molecule has 1 fully saturated rings. The molecule has 1 aromatic heterocycles. The first-order valence-electron chi connectivity index (χ1n) is 7.63. The monoisotopic (exact) mass is 296 g/mol. The zero-order valence-electron chi connectivity index (χ0n) is 12.5. The highest BCUT2D eigenvalue weighted by Gasteiger charge is 2.24. The molecule has 0 bridgehead atoms. The Morgan fingerprint density at radius 3 is 2.90 bits per heavy atom. The average Bonchev–Trinajstić information content (AvgIpc) is 2.74. The van der Waals surface area contributed by atoms with E-state index in [-0.39, 0.29) is 24.6 Å². The molecule has 118 valence electrons. The van der Waals surface area contributed by atoms with Crippen LogP contribution in [0, 0.1) is 12.8 Å². The summed E-state index contributed by atoms with van der Waals surface area (Å²) < 4.78 is 4.98. The lowest BCUT2D eigenvalue weighted by atomic mass is 9.96. The molecule has 1 aromatic rings. The Labute approximate surface area is 124 Å². The van der Waals surface area contributed by atoms with E-state index >= 15 is 0 Å². The SMILES string of the molecule is Cc1noc(CCNC(=O)NC2CCCCCC2CO)n1. The van der Waals surface area contributed by atoms with Gasteiger partial charge in [0.2, 0.25) is 5.89 Å². The van der Waals surface area contributed by atoms with Crippen molar-refractivity contribution in [3.8, 4) is 0 Å². The number of hydrogen-bond acceptors (Lipinski definition) is 5. The third-order valence-electron chi connectivity index (χ3n) is 3.90. The predicted molar refractivity (Wildman–Crippen MR) is 76.7 cm³/mol. The van der Waals surface area contributed by atoms with E-state index < -0.39 is 0 Å². The third-order valence-corrected chi connectivity index (χ3v) is 3.90. The van der Waals surface area contributed by atoms with Crippen LogP contribution in [0.3, 0.4) is 0 Å². The summed E-state index contributed by atoms with van der Waals surface area (Å²) in [5.41, 5.74) is 0. The van der Waals surface area contributed by atoms with Gasteiger partial charge in [-0.15, -0.1) is 0 Å². The smallest absolute Gasteiger partial charge is 0.315 e. The van der Waals surface area contributed by atoms with Crippen molar-refractivity contribution in [1.29, 1.82) is 0 Å². The van der Waals surface area contributed by atoms with Crippen molar-refractivity contribution < 1.29 is 14.4 Å². The Balaban J connectivity index is 1.72. The topological polar surface area (TPSA) is 100 Å². The molecule has 0 saturated heterocycles. The first-order chi connectivity index (χ1) is 10.2. The van der Waals surface area contributed by atoms with Gasteiger partial charge in [-0.25, -0.2) is 4.79 Å². The zero-order valence-corrected chi connectivity index (χ0v) is 12.5. The van der Waals surface area contributed by atoms with Crippen LogP contribution in [0.1, 0.15) is 43.8 Å². The van der Waals surface area contributed by atoms with Gasteiger partial charge in [0.15, 0.2) is 5.82 Å². The minimum absolute atomic E-state index is 0.0585. The quantitative estimate of drug-likeness (QED) is 0.708. The Kier molecular flexibility index (Phi) is 5.98. The average molecular weight is 296 g/mol. The van der Waals surface area contributed by atoms with E-state index in [1.165, 1.54) is 6.42 Å². The van der Waals surface area contributed by atoms with Crippen molar-refractivity contribution in [2.24, 2.45) is 5.92 Å². The fourth-order valence-electron chi connectivity index (χ4n) is 2.74. The van der Waals surface area contributed by atoms with Gasteiger partial charge >= 0.3 is 6.03 Å². The number of rotatable bonds is 5.